The standard InChI is InChI=1S/C19H13F2N5O/c1-11-8-17(18(27)24-13-4-2-12(10-22)3-5-13)26-19(23-11)25-14-6-7-15(20)16(21)9-14/h2-9H,1H3,(H,24,27)(H,23,25,26). The molecule has 3 aromatic rings. The molecule has 0 saturated heterocycles. The zero-order valence-corrected chi connectivity index (χ0v) is 14.1. The highest BCUT2D eigenvalue weighted by Gasteiger charge is 2.12. The van der Waals surface area contributed by atoms with E-state index in [-0.39, 0.29) is 17.3 Å². The molecule has 0 unspecified atom stereocenters. The first-order chi connectivity index (χ1) is 12.9. The van der Waals surface area contributed by atoms with Gasteiger partial charge in [-0.25, -0.2) is 18.7 Å². The Hall–Kier alpha value is -3.86. The summed E-state index contributed by atoms with van der Waals surface area (Å²) in [5.74, 6) is -2.37. The van der Waals surface area contributed by atoms with Crippen molar-refractivity contribution in [2.75, 3.05) is 10.6 Å². The molecule has 1 amide bonds. The van der Waals surface area contributed by atoms with Gasteiger partial charge in [0.05, 0.1) is 11.6 Å². The van der Waals surface area contributed by atoms with Gasteiger partial charge in [0, 0.05) is 23.1 Å². The van der Waals surface area contributed by atoms with E-state index in [2.05, 4.69) is 20.6 Å². The number of nitrogens with one attached hydrogen (secondary N) is 2. The number of anilines is 3. The van der Waals surface area contributed by atoms with Crippen molar-refractivity contribution in [3.05, 3.63) is 77.1 Å². The largest absolute Gasteiger partial charge is 0.324 e. The number of hydrogen-bond acceptors (Lipinski definition) is 5. The van der Waals surface area contributed by atoms with E-state index in [1.165, 1.54) is 12.1 Å². The highest BCUT2D eigenvalue weighted by Crippen LogP contribution is 2.18. The molecule has 0 atom stereocenters. The average molecular weight is 365 g/mol. The summed E-state index contributed by atoms with van der Waals surface area (Å²) in [6.07, 6.45) is 0. The molecule has 1 aromatic heterocycles. The van der Waals surface area contributed by atoms with Crippen molar-refractivity contribution in [2.45, 2.75) is 6.92 Å². The number of amides is 1. The lowest BCUT2D eigenvalue weighted by Crippen LogP contribution is -2.15. The van der Waals surface area contributed by atoms with Crippen LogP contribution in [0.3, 0.4) is 0 Å². The zero-order chi connectivity index (χ0) is 19.4. The van der Waals surface area contributed by atoms with Crippen molar-refractivity contribution in [3.8, 4) is 6.07 Å². The second-order valence-corrected chi connectivity index (χ2v) is 5.62. The van der Waals surface area contributed by atoms with E-state index in [9.17, 15) is 13.6 Å². The van der Waals surface area contributed by atoms with Gasteiger partial charge in [0.2, 0.25) is 5.95 Å². The van der Waals surface area contributed by atoms with Crippen LogP contribution in [-0.2, 0) is 0 Å². The van der Waals surface area contributed by atoms with E-state index >= 15 is 0 Å². The number of aromatic nitrogens is 2. The monoisotopic (exact) mass is 365 g/mol. The molecule has 27 heavy (non-hydrogen) atoms. The van der Waals surface area contributed by atoms with Crippen molar-refractivity contribution >= 4 is 23.2 Å². The molecular formula is C19H13F2N5O. The average Bonchev–Trinajstić information content (AvgIpc) is 2.65. The molecule has 0 aliphatic carbocycles. The minimum Gasteiger partial charge on any atom is -0.324 e. The highest BCUT2D eigenvalue weighted by atomic mass is 19.2. The zero-order valence-electron chi connectivity index (χ0n) is 14.1. The third-order valence-electron chi connectivity index (χ3n) is 3.53. The molecule has 0 radical (unpaired) electrons. The Labute approximate surface area is 153 Å². The van der Waals surface area contributed by atoms with Crippen LogP contribution in [0.4, 0.5) is 26.1 Å². The summed E-state index contributed by atoms with van der Waals surface area (Å²) in [6.45, 7) is 1.68. The van der Waals surface area contributed by atoms with Crippen molar-refractivity contribution < 1.29 is 13.6 Å². The molecule has 1 heterocycles. The molecule has 0 bridgehead atoms. The van der Waals surface area contributed by atoms with E-state index in [0.29, 0.717) is 16.9 Å². The quantitative estimate of drug-likeness (QED) is 0.731. The maximum Gasteiger partial charge on any atom is 0.274 e. The molecule has 2 aromatic carbocycles. The van der Waals surface area contributed by atoms with Gasteiger partial charge in [0.25, 0.3) is 5.91 Å². The number of hydrogen-bond donors (Lipinski definition) is 2. The van der Waals surface area contributed by atoms with E-state index in [4.69, 9.17) is 5.26 Å². The van der Waals surface area contributed by atoms with E-state index in [1.54, 1.807) is 31.2 Å². The summed E-state index contributed by atoms with van der Waals surface area (Å²) in [5, 5.41) is 14.2. The van der Waals surface area contributed by atoms with Gasteiger partial charge in [-0.1, -0.05) is 0 Å². The number of rotatable bonds is 4. The van der Waals surface area contributed by atoms with Crippen LogP contribution in [0.25, 0.3) is 0 Å². The van der Waals surface area contributed by atoms with Gasteiger partial charge in [-0.15, -0.1) is 0 Å². The Morgan fingerprint density at radius 3 is 2.37 bits per heavy atom. The lowest BCUT2D eigenvalue weighted by atomic mass is 10.2. The molecule has 0 spiro atoms. The van der Waals surface area contributed by atoms with Crippen molar-refractivity contribution in [1.82, 2.24) is 9.97 Å². The molecule has 2 N–H and O–H groups in total. The Kier molecular flexibility index (Phi) is 5.04. The normalized spacial score (nSPS) is 10.1. The van der Waals surface area contributed by atoms with Crippen LogP contribution < -0.4 is 10.6 Å². The van der Waals surface area contributed by atoms with Gasteiger partial charge in [0.15, 0.2) is 11.6 Å². The number of carbonyl (C=O) groups excluding carboxylic acids is 1. The highest BCUT2D eigenvalue weighted by molar-refractivity contribution is 6.03. The third kappa shape index (κ3) is 4.41. The number of nitriles is 1. The minimum atomic E-state index is -1.01. The Balaban J connectivity index is 1.80. The fraction of sp³-hybridized carbons (Fsp3) is 0.0526. The van der Waals surface area contributed by atoms with Crippen LogP contribution >= 0.6 is 0 Å². The molecular weight excluding hydrogens is 352 g/mol. The van der Waals surface area contributed by atoms with E-state index in [0.717, 1.165) is 12.1 Å². The van der Waals surface area contributed by atoms with E-state index < -0.39 is 17.5 Å². The number of aryl methyl sites for hydroxylation is 1. The molecule has 134 valence electrons. The van der Waals surface area contributed by atoms with Gasteiger partial charge in [-0.3, -0.25) is 4.79 Å². The molecule has 8 heteroatoms. The van der Waals surface area contributed by atoms with Crippen LogP contribution in [0.2, 0.25) is 0 Å². The maximum atomic E-state index is 13.3. The summed E-state index contributed by atoms with van der Waals surface area (Å²) in [7, 11) is 0. The first-order valence-electron chi connectivity index (χ1n) is 7.84. The summed E-state index contributed by atoms with van der Waals surface area (Å²) in [4.78, 5) is 20.7. The summed E-state index contributed by atoms with van der Waals surface area (Å²) >= 11 is 0. The van der Waals surface area contributed by atoms with Crippen molar-refractivity contribution in [3.63, 3.8) is 0 Å². The second-order valence-electron chi connectivity index (χ2n) is 5.62. The molecule has 0 aliphatic rings. The fourth-order valence-corrected chi connectivity index (χ4v) is 2.27. The Bertz CT molecular complexity index is 1040. The molecule has 3 rings (SSSR count). The predicted octanol–water partition coefficient (Wildman–Crippen LogP) is 3.93. The summed E-state index contributed by atoms with van der Waals surface area (Å²) in [6, 6.07) is 13.1. The first-order valence-corrected chi connectivity index (χ1v) is 7.84. The number of benzene rings is 2. The van der Waals surface area contributed by atoms with Crippen LogP contribution in [-0.4, -0.2) is 15.9 Å². The molecule has 0 saturated carbocycles. The number of halogens is 2. The van der Waals surface area contributed by atoms with Gasteiger partial charge in [0.1, 0.15) is 5.69 Å². The lowest BCUT2D eigenvalue weighted by Gasteiger charge is -2.09. The van der Waals surface area contributed by atoms with Crippen molar-refractivity contribution in [1.29, 1.82) is 5.26 Å². The van der Waals surface area contributed by atoms with Gasteiger partial charge >= 0.3 is 0 Å². The number of carbonyl (C=O) groups is 1. The van der Waals surface area contributed by atoms with E-state index in [1.807, 2.05) is 6.07 Å². The van der Waals surface area contributed by atoms with Crippen LogP contribution in [0, 0.1) is 29.9 Å². The predicted molar refractivity (Wildman–Crippen MR) is 95.5 cm³/mol. The minimum absolute atomic E-state index is 0.0750. The van der Waals surface area contributed by atoms with Crippen LogP contribution in [0.15, 0.2) is 48.5 Å². The SMILES string of the molecule is Cc1cc(C(=O)Nc2ccc(C#N)cc2)nc(Nc2ccc(F)c(F)c2)n1. The lowest BCUT2D eigenvalue weighted by molar-refractivity contribution is 0.102. The first kappa shape index (κ1) is 17.9. The Morgan fingerprint density at radius 1 is 1.00 bits per heavy atom. The molecule has 6 nitrogen and oxygen atoms in total. The third-order valence-corrected chi connectivity index (χ3v) is 3.53. The molecule has 0 fully saturated rings. The number of nitrogens with zero attached hydrogens (tertiary/aromatic N) is 3. The van der Waals surface area contributed by atoms with Gasteiger partial charge in [-0.2, -0.15) is 5.26 Å². The topological polar surface area (TPSA) is 90.7 Å². The van der Waals surface area contributed by atoms with Gasteiger partial charge in [-0.05, 0) is 49.4 Å². The second kappa shape index (κ2) is 7.58. The van der Waals surface area contributed by atoms with Crippen molar-refractivity contribution in [2.24, 2.45) is 0 Å². The Morgan fingerprint density at radius 2 is 1.70 bits per heavy atom. The molecule has 0 aliphatic heterocycles. The fourth-order valence-electron chi connectivity index (χ4n) is 2.27. The summed E-state index contributed by atoms with van der Waals surface area (Å²) in [5.41, 5.74) is 1.84. The van der Waals surface area contributed by atoms with Crippen LogP contribution in [0.1, 0.15) is 21.7 Å². The van der Waals surface area contributed by atoms with Gasteiger partial charge < -0.3 is 10.6 Å². The van der Waals surface area contributed by atoms with Crippen LogP contribution in [0.5, 0.6) is 0 Å². The summed E-state index contributed by atoms with van der Waals surface area (Å²) < 4.78 is 26.3. The smallest absolute Gasteiger partial charge is 0.274 e. The maximum absolute atomic E-state index is 13.3.